The fourth-order valence-corrected chi connectivity index (χ4v) is 4.06. The number of aliphatic hydroxyl groups is 1. The lowest BCUT2D eigenvalue weighted by Gasteiger charge is -2.35. The highest BCUT2D eigenvalue weighted by Gasteiger charge is 2.21. The Kier molecular flexibility index (Phi) is 7.48. The van der Waals surface area contributed by atoms with E-state index in [2.05, 4.69) is 32.2 Å². The molecule has 0 bridgehead atoms. The van der Waals surface area contributed by atoms with Crippen molar-refractivity contribution in [2.75, 3.05) is 48.4 Å². The molecule has 2 aliphatic rings. The molecule has 0 amide bonds. The van der Waals surface area contributed by atoms with Gasteiger partial charge < -0.3 is 20.2 Å². The number of aromatic nitrogens is 1. The van der Waals surface area contributed by atoms with Crippen LogP contribution in [0.2, 0.25) is 0 Å². The second-order valence-corrected chi connectivity index (χ2v) is 7.36. The Morgan fingerprint density at radius 3 is 2.50 bits per heavy atom. The van der Waals surface area contributed by atoms with E-state index < -0.39 is 0 Å². The van der Waals surface area contributed by atoms with Gasteiger partial charge in [0.2, 0.25) is 0 Å². The maximum atomic E-state index is 13.5. The Bertz CT molecular complexity index is 736. The van der Waals surface area contributed by atoms with Crippen LogP contribution < -0.4 is 15.1 Å². The lowest BCUT2D eigenvalue weighted by molar-refractivity contribution is 0.399. The zero-order valence-electron chi connectivity index (χ0n) is 16.6. The van der Waals surface area contributed by atoms with E-state index in [1.807, 2.05) is 12.3 Å². The summed E-state index contributed by atoms with van der Waals surface area (Å²) in [4.78, 5) is 9.24. The highest BCUT2D eigenvalue weighted by atomic mass is 19.1. The Hall–Kier alpha value is -2.34. The summed E-state index contributed by atoms with van der Waals surface area (Å²) in [6.45, 7) is 4.13. The molecular weight excluding hydrogens is 355 g/mol. The lowest BCUT2D eigenvalue weighted by Crippen LogP contribution is -2.42. The van der Waals surface area contributed by atoms with E-state index in [9.17, 15) is 4.39 Å². The second-order valence-electron chi connectivity index (χ2n) is 7.36. The number of piperidine rings is 2. The molecule has 1 atom stereocenters. The number of hydrogen-bond acceptors (Lipinski definition) is 5. The normalized spacial score (nSPS) is 19.6. The smallest absolute Gasteiger partial charge is 0.128 e. The number of halogens is 1. The van der Waals surface area contributed by atoms with Gasteiger partial charge in [-0.25, -0.2) is 9.37 Å². The summed E-state index contributed by atoms with van der Waals surface area (Å²) >= 11 is 0. The molecule has 1 unspecified atom stereocenters. The molecule has 1 aromatic heterocycles. The van der Waals surface area contributed by atoms with Crippen LogP contribution >= 0.6 is 0 Å². The van der Waals surface area contributed by atoms with Crippen LogP contribution in [0.15, 0.2) is 42.6 Å². The van der Waals surface area contributed by atoms with Gasteiger partial charge >= 0.3 is 0 Å². The summed E-state index contributed by atoms with van der Waals surface area (Å²) in [5.74, 6) is 0.771. The standard InChI is InChI=1S/C21H27FN4.CH4O/c22-17-6-4-8-19(14-17)26-13-5-7-18(16-26)24-21-15-20(9-10-23-21)25-11-2-1-3-12-25;1-2/h4,6,8-10,14-15,18H,1-3,5,7,11-13,16H2,(H,23,24);2H,1H3. The van der Waals surface area contributed by atoms with Crippen LogP contribution in [0.1, 0.15) is 32.1 Å². The van der Waals surface area contributed by atoms with E-state index in [-0.39, 0.29) is 5.82 Å². The van der Waals surface area contributed by atoms with E-state index in [1.165, 1.54) is 31.0 Å². The molecule has 2 aromatic rings. The van der Waals surface area contributed by atoms with E-state index in [4.69, 9.17) is 5.11 Å². The van der Waals surface area contributed by atoms with E-state index in [0.29, 0.717) is 6.04 Å². The molecule has 2 saturated heterocycles. The first-order chi connectivity index (χ1) is 13.8. The van der Waals surface area contributed by atoms with Crippen molar-refractivity contribution >= 4 is 17.2 Å². The first-order valence-corrected chi connectivity index (χ1v) is 10.2. The summed E-state index contributed by atoms with van der Waals surface area (Å²) in [7, 11) is 1.00. The molecule has 28 heavy (non-hydrogen) atoms. The fraction of sp³-hybridized carbons (Fsp3) is 0.500. The molecule has 5 nitrogen and oxygen atoms in total. The third kappa shape index (κ3) is 5.35. The van der Waals surface area contributed by atoms with Crippen LogP contribution in [0.3, 0.4) is 0 Å². The van der Waals surface area contributed by atoms with Gasteiger partial charge in [0, 0.05) is 63.0 Å². The maximum Gasteiger partial charge on any atom is 0.128 e. The summed E-state index contributed by atoms with van der Waals surface area (Å²) in [5, 5.41) is 10.6. The summed E-state index contributed by atoms with van der Waals surface area (Å²) in [6, 6.07) is 11.5. The Balaban J connectivity index is 0.00000109. The van der Waals surface area contributed by atoms with Crippen LogP contribution in [0.25, 0.3) is 0 Å². The molecule has 2 N–H and O–H groups in total. The van der Waals surface area contributed by atoms with Gasteiger partial charge in [-0.1, -0.05) is 6.07 Å². The molecular formula is C22H31FN4O. The van der Waals surface area contributed by atoms with Gasteiger partial charge in [0.15, 0.2) is 0 Å². The fourth-order valence-electron chi connectivity index (χ4n) is 4.06. The third-order valence-electron chi connectivity index (χ3n) is 5.41. The SMILES string of the molecule is CO.Fc1cccc(N2CCCC(Nc3cc(N4CCCCC4)ccn3)C2)c1. The first kappa shape index (κ1) is 20.4. The predicted molar refractivity (Wildman–Crippen MR) is 114 cm³/mol. The molecule has 1 aromatic carbocycles. The van der Waals surface area contributed by atoms with Crippen molar-refractivity contribution in [1.82, 2.24) is 4.98 Å². The largest absolute Gasteiger partial charge is 0.400 e. The van der Waals surface area contributed by atoms with Gasteiger partial charge in [0.05, 0.1) is 0 Å². The number of nitrogens with zero attached hydrogens (tertiary/aromatic N) is 3. The molecule has 4 rings (SSSR count). The number of hydrogen-bond donors (Lipinski definition) is 2. The van der Waals surface area contributed by atoms with Gasteiger partial charge in [0.1, 0.15) is 11.6 Å². The van der Waals surface area contributed by atoms with Gasteiger partial charge in [-0.2, -0.15) is 0 Å². The first-order valence-electron chi connectivity index (χ1n) is 10.2. The number of rotatable bonds is 4. The van der Waals surface area contributed by atoms with Crippen molar-refractivity contribution in [3.63, 3.8) is 0 Å². The maximum absolute atomic E-state index is 13.5. The monoisotopic (exact) mass is 386 g/mol. The van der Waals surface area contributed by atoms with Gasteiger partial charge in [0.25, 0.3) is 0 Å². The summed E-state index contributed by atoms with van der Waals surface area (Å²) in [6.07, 6.45) is 8.00. The summed E-state index contributed by atoms with van der Waals surface area (Å²) < 4.78 is 13.5. The zero-order chi connectivity index (χ0) is 19.8. The number of nitrogens with one attached hydrogen (secondary N) is 1. The minimum atomic E-state index is -0.173. The van der Waals surface area contributed by atoms with Gasteiger partial charge in [-0.05, 0) is 56.4 Å². The van der Waals surface area contributed by atoms with E-state index in [0.717, 1.165) is 57.6 Å². The Labute approximate surface area is 167 Å². The quantitative estimate of drug-likeness (QED) is 0.835. The van der Waals surface area contributed by atoms with Crippen LogP contribution in [0, 0.1) is 5.82 Å². The molecule has 0 aliphatic carbocycles. The van der Waals surface area contributed by atoms with Gasteiger partial charge in [-0.3, -0.25) is 0 Å². The number of benzene rings is 1. The molecule has 3 heterocycles. The molecule has 0 saturated carbocycles. The lowest BCUT2D eigenvalue weighted by atomic mass is 10.0. The van der Waals surface area contributed by atoms with Crippen molar-refractivity contribution in [2.45, 2.75) is 38.1 Å². The minimum Gasteiger partial charge on any atom is -0.400 e. The highest BCUT2D eigenvalue weighted by molar-refractivity contribution is 5.55. The molecule has 6 heteroatoms. The summed E-state index contributed by atoms with van der Waals surface area (Å²) in [5.41, 5.74) is 2.23. The molecule has 2 fully saturated rings. The van der Waals surface area contributed by atoms with E-state index >= 15 is 0 Å². The third-order valence-corrected chi connectivity index (χ3v) is 5.41. The Morgan fingerprint density at radius 2 is 1.71 bits per heavy atom. The zero-order valence-corrected chi connectivity index (χ0v) is 16.6. The molecule has 152 valence electrons. The molecule has 0 spiro atoms. The van der Waals surface area contributed by atoms with Crippen LogP contribution in [-0.4, -0.2) is 49.4 Å². The van der Waals surface area contributed by atoms with Crippen LogP contribution in [-0.2, 0) is 0 Å². The van der Waals surface area contributed by atoms with Crippen molar-refractivity contribution in [3.05, 3.63) is 48.4 Å². The van der Waals surface area contributed by atoms with Crippen molar-refractivity contribution in [1.29, 1.82) is 0 Å². The predicted octanol–water partition coefficient (Wildman–Crippen LogP) is 3.90. The number of pyridine rings is 1. The molecule has 2 aliphatic heterocycles. The number of anilines is 3. The highest BCUT2D eigenvalue weighted by Crippen LogP contribution is 2.25. The van der Waals surface area contributed by atoms with E-state index in [1.54, 1.807) is 12.1 Å². The number of aliphatic hydroxyl groups excluding tert-OH is 1. The topological polar surface area (TPSA) is 51.6 Å². The van der Waals surface area contributed by atoms with Crippen LogP contribution in [0.4, 0.5) is 21.6 Å². The van der Waals surface area contributed by atoms with Gasteiger partial charge in [-0.15, -0.1) is 0 Å². The molecule has 0 radical (unpaired) electrons. The Morgan fingerprint density at radius 1 is 0.964 bits per heavy atom. The second kappa shape index (κ2) is 10.3. The van der Waals surface area contributed by atoms with Crippen molar-refractivity contribution < 1.29 is 9.50 Å². The van der Waals surface area contributed by atoms with Crippen LogP contribution in [0.5, 0.6) is 0 Å². The van der Waals surface area contributed by atoms with Crippen molar-refractivity contribution in [2.24, 2.45) is 0 Å². The van der Waals surface area contributed by atoms with Crippen molar-refractivity contribution in [3.8, 4) is 0 Å². The average Bonchev–Trinajstić information content (AvgIpc) is 2.76. The average molecular weight is 387 g/mol. The minimum absolute atomic E-state index is 0.173.